The molecule has 0 aliphatic carbocycles. The van der Waals surface area contributed by atoms with Gasteiger partial charge in [0.25, 0.3) is 0 Å². The number of ether oxygens (including phenoxy) is 1. The van der Waals surface area contributed by atoms with Crippen LogP contribution in [0.1, 0.15) is 64.7 Å². The van der Waals surface area contributed by atoms with Crippen LogP contribution in [-0.2, 0) is 17.3 Å². The molecular formula is C18H31NO. The summed E-state index contributed by atoms with van der Waals surface area (Å²) in [5.41, 5.74) is 9.84. The molecule has 0 bridgehead atoms. The van der Waals surface area contributed by atoms with E-state index in [2.05, 4.69) is 53.7 Å². The molecule has 0 saturated heterocycles. The number of hydrogen-bond acceptors (Lipinski definition) is 2. The van der Waals surface area contributed by atoms with Gasteiger partial charge in [0.15, 0.2) is 0 Å². The van der Waals surface area contributed by atoms with Crippen LogP contribution in [0.3, 0.4) is 0 Å². The van der Waals surface area contributed by atoms with Gasteiger partial charge in [0.05, 0.1) is 7.11 Å². The molecule has 0 fully saturated rings. The van der Waals surface area contributed by atoms with Crippen LogP contribution in [0.4, 0.5) is 0 Å². The molecule has 0 atom stereocenters. The molecule has 0 saturated carbocycles. The second-order valence-corrected chi connectivity index (χ2v) is 7.61. The molecule has 2 nitrogen and oxygen atoms in total. The van der Waals surface area contributed by atoms with Gasteiger partial charge < -0.3 is 10.5 Å². The van der Waals surface area contributed by atoms with Crippen molar-refractivity contribution in [3.8, 4) is 5.75 Å². The smallest absolute Gasteiger partial charge is 0.125 e. The predicted octanol–water partition coefficient (Wildman–Crippen LogP) is 4.18. The first-order chi connectivity index (χ1) is 9.11. The molecule has 0 amide bonds. The zero-order chi connectivity index (χ0) is 15.6. The van der Waals surface area contributed by atoms with E-state index in [4.69, 9.17) is 10.5 Å². The molecule has 20 heavy (non-hydrogen) atoms. The van der Waals surface area contributed by atoms with Crippen LogP contribution in [0, 0.1) is 0 Å². The summed E-state index contributed by atoms with van der Waals surface area (Å²) in [6, 6.07) is 4.61. The number of hydrogen-bond donors (Lipinski definition) is 1. The highest BCUT2D eigenvalue weighted by atomic mass is 16.5. The highest BCUT2D eigenvalue weighted by molar-refractivity contribution is 5.49. The lowest BCUT2D eigenvalue weighted by atomic mass is 9.78. The summed E-state index contributed by atoms with van der Waals surface area (Å²) in [6.07, 6.45) is 1.97. The van der Waals surface area contributed by atoms with E-state index in [1.54, 1.807) is 7.11 Å². The molecule has 0 spiro atoms. The van der Waals surface area contributed by atoms with E-state index in [-0.39, 0.29) is 10.8 Å². The highest BCUT2D eigenvalue weighted by Crippen LogP contribution is 2.38. The number of methoxy groups -OCH3 is 1. The lowest BCUT2D eigenvalue weighted by molar-refractivity contribution is 0.391. The van der Waals surface area contributed by atoms with Gasteiger partial charge in [-0.1, -0.05) is 53.7 Å². The molecule has 2 heteroatoms. The van der Waals surface area contributed by atoms with E-state index >= 15 is 0 Å². The van der Waals surface area contributed by atoms with E-state index in [0.717, 1.165) is 18.6 Å². The molecule has 114 valence electrons. The minimum atomic E-state index is 0.0735. The summed E-state index contributed by atoms with van der Waals surface area (Å²) in [5.74, 6) is 1.04. The molecule has 1 aromatic carbocycles. The molecule has 1 aromatic rings. The van der Waals surface area contributed by atoms with Crippen molar-refractivity contribution in [2.75, 3.05) is 13.7 Å². The third kappa shape index (κ3) is 3.99. The van der Waals surface area contributed by atoms with Crippen LogP contribution in [0.2, 0.25) is 0 Å². The second kappa shape index (κ2) is 6.17. The molecule has 0 unspecified atom stereocenters. The van der Waals surface area contributed by atoms with Crippen LogP contribution in [0.15, 0.2) is 12.1 Å². The molecule has 2 N–H and O–H groups in total. The van der Waals surface area contributed by atoms with E-state index in [9.17, 15) is 0 Å². The van der Waals surface area contributed by atoms with Crippen molar-refractivity contribution in [1.29, 1.82) is 0 Å². The van der Waals surface area contributed by atoms with E-state index in [1.807, 2.05) is 0 Å². The Hall–Kier alpha value is -1.02. The Morgan fingerprint density at radius 1 is 1.00 bits per heavy atom. The van der Waals surface area contributed by atoms with Gasteiger partial charge in [-0.3, -0.25) is 0 Å². The number of rotatable bonds is 4. The largest absolute Gasteiger partial charge is 0.496 e. The van der Waals surface area contributed by atoms with Crippen molar-refractivity contribution in [3.63, 3.8) is 0 Å². The standard InChI is InChI=1S/C18H31NO/c1-17(2,3)14-11-13(9-8-10-19)16(20-7)15(12-14)18(4,5)6/h11-12H,8-10,19H2,1-7H3. The average molecular weight is 277 g/mol. The first-order valence-electron chi connectivity index (χ1n) is 7.53. The maximum Gasteiger partial charge on any atom is 0.125 e. The van der Waals surface area contributed by atoms with Gasteiger partial charge in [0.2, 0.25) is 0 Å². The number of aryl methyl sites for hydroxylation is 1. The fourth-order valence-electron chi connectivity index (χ4n) is 2.40. The van der Waals surface area contributed by atoms with Crippen molar-refractivity contribution in [3.05, 3.63) is 28.8 Å². The third-order valence-corrected chi connectivity index (χ3v) is 3.69. The summed E-state index contributed by atoms with van der Waals surface area (Å²) in [7, 11) is 1.77. The van der Waals surface area contributed by atoms with Crippen LogP contribution in [0.5, 0.6) is 5.75 Å². The summed E-state index contributed by atoms with van der Waals surface area (Å²) in [5, 5.41) is 0. The van der Waals surface area contributed by atoms with Gasteiger partial charge in [0, 0.05) is 5.56 Å². The first-order valence-corrected chi connectivity index (χ1v) is 7.53. The summed E-state index contributed by atoms with van der Waals surface area (Å²) in [4.78, 5) is 0. The van der Waals surface area contributed by atoms with E-state index < -0.39 is 0 Å². The Kier molecular flexibility index (Phi) is 5.26. The topological polar surface area (TPSA) is 35.2 Å². The lowest BCUT2D eigenvalue weighted by Crippen LogP contribution is -2.19. The minimum Gasteiger partial charge on any atom is -0.496 e. The Balaban J connectivity index is 3.48. The van der Waals surface area contributed by atoms with Crippen molar-refractivity contribution in [2.24, 2.45) is 5.73 Å². The van der Waals surface area contributed by atoms with Crippen molar-refractivity contribution < 1.29 is 4.74 Å². The van der Waals surface area contributed by atoms with Gasteiger partial charge in [0.1, 0.15) is 5.75 Å². The Bertz CT molecular complexity index is 450. The average Bonchev–Trinajstić information content (AvgIpc) is 2.32. The Morgan fingerprint density at radius 2 is 1.60 bits per heavy atom. The van der Waals surface area contributed by atoms with Gasteiger partial charge in [-0.15, -0.1) is 0 Å². The third-order valence-electron chi connectivity index (χ3n) is 3.69. The van der Waals surface area contributed by atoms with Crippen LogP contribution in [0.25, 0.3) is 0 Å². The monoisotopic (exact) mass is 277 g/mol. The SMILES string of the molecule is COc1c(CCCN)cc(C(C)(C)C)cc1C(C)(C)C. The Labute approximate surface area is 124 Å². The van der Waals surface area contributed by atoms with Crippen LogP contribution >= 0.6 is 0 Å². The van der Waals surface area contributed by atoms with Crippen molar-refractivity contribution in [1.82, 2.24) is 0 Å². The lowest BCUT2D eigenvalue weighted by Gasteiger charge is -2.29. The maximum atomic E-state index is 5.73. The zero-order valence-corrected chi connectivity index (χ0v) is 14.3. The van der Waals surface area contributed by atoms with Crippen molar-refractivity contribution in [2.45, 2.75) is 65.2 Å². The highest BCUT2D eigenvalue weighted by Gasteiger charge is 2.25. The zero-order valence-electron chi connectivity index (χ0n) is 14.3. The Morgan fingerprint density at radius 3 is 2.00 bits per heavy atom. The molecule has 0 heterocycles. The molecule has 0 aliphatic heterocycles. The normalized spacial score (nSPS) is 12.6. The second-order valence-electron chi connectivity index (χ2n) is 7.61. The minimum absolute atomic E-state index is 0.0735. The molecular weight excluding hydrogens is 246 g/mol. The predicted molar refractivity (Wildman–Crippen MR) is 87.8 cm³/mol. The molecule has 0 aliphatic rings. The van der Waals surface area contributed by atoms with Gasteiger partial charge >= 0.3 is 0 Å². The van der Waals surface area contributed by atoms with Crippen LogP contribution < -0.4 is 10.5 Å². The fourth-order valence-corrected chi connectivity index (χ4v) is 2.40. The molecule has 0 aromatic heterocycles. The van der Waals surface area contributed by atoms with Gasteiger partial charge in [-0.25, -0.2) is 0 Å². The quantitative estimate of drug-likeness (QED) is 0.896. The number of nitrogens with two attached hydrogens (primary N) is 1. The first kappa shape index (κ1) is 17.0. The van der Waals surface area contributed by atoms with Gasteiger partial charge in [-0.05, 0) is 41.3 Å². The maximum absolute atomic E-state index is 5.73. The summed E-state index contributed by atoms with van der Waals surface area (Å²) < 4.78 is 5.73. The van der Waals surface area contributed by atoms with Crippen molar-refractivity contribution >= 4 is 0 Å². The molecule has 1 rings (SSSR count). The van der Waals surface area contributed by atoms with Gasteiger partial charge in [-0.2, -0.15) is 0 Å². The summed E-state index contributed by atoms with van der Waals surface area (Å²) >= 11 is 0. The molecule has 0 radical (unpaired) electrons. The van der Waals surface area contributed by atoms with E-state index in [1.165, 1.54) is 16.7 Å². The van der Waals surface area contributed by atoms with Crippen LogP contribution in [-0.4, -0.2) is 13.7 Å². The summed E-state index contributed by atoms with van der Waals surface area (Å²) in [6.45, 7) is 14.2. The van der Waals surface area contributed by atoms with E-state index in [0.29, 0.717) is 6.54 Å². The number of benzene rings is 1. The fraction of sp³-hybridized carbons (Fsp3) is 0.667.